The molecule has 0 spiro atoms. The van der Waals surface area contributed by atoms with Crippen LogP contribution in [0.15, 0.2) is 52.8 Å². The number of rotatable bonds is 15. The van der Waals surface area contributed by atoms with Gasteiger partial charge >= 0.3 is 0 Å². The van der Waals surface area contributed by atoms with Gasteiger partial charge in [0.15, 0.2) is 11.5 Å². The van der Waals surface area contributed by atoms with Crippen LogP contribution in [-0.2, 0) is 33.9 Å². The van der Waals surface area contributed by atoms with Crippen LogP contribution in [0.5, 0.6) is 0 Å². The van der Waals surface area contributed by atoms with Gasteiger partial charge in [-0.15, -0.1) is 0 Å². The minimum absolute atomic E-state index is 0.253. The van der Waals surface area contributed by atoms with Gasteiger partial charge in [0.25, 0.3) is 6.20 Å². The van der Waals surface area contributed by atoms with E-state index in [9.17, 15) is 10.1 Å². The number of benzene rings is 1. The quantitative estimate of drug-likeness (QED) is 0.199. The van der Waals surface area contributed by atoms with Gasteiger partial charge in [0.2, 0.25) is 0 Å². The van der Waals surface area contributed by atoms with Gasteiger partial charge in [0.1, 0.15) is 11.5 Å². The van der Waals surface area contributed by atoms with Crippen LogP contribution < -0.4 is 10.6 Å². The van der Waals surface area contributed by atoms with E-state index in [1.165, 1.54) is 0 Å². The zero-order chi connectivity index (χ0) is 25.8. The van der Waals surface area contributed by atoms with E-state index in [1.54, 1.807) is 23.5 Å². The Balaban J connectivity index is 1.64. The predicted octanol–water partition coefficient (Wildman–Crippen LogP) is 3.63. The summed E-state index contributed by atoms with van der Waals surface area (Å²) in [5.41, 5.74) is 1.06. The molecule has 1 atom stereocenters. The lowest BCUT2D eigenvalue weighted by Gasteiger charge is -2.40. The fourth-order valence-corrected chi connectivity index (χ4v) is 5.12. The number of thioether (sulfide) groups is 2. The summed E-state index contributed by atoms with van der Waals surface area (Å²) in [6.07, 6.45) is 3.89. The van der Waals surface area contributed by atoms with Gasteiger partial charge in [0.05, 0.1) is 37.0 Å². The summed E-state index contributed by atoms with van der Waals surface area (Å²) in [5.74, 6) is 4.59. The summed E-state index contributed by atoms with van der Waals surface area (Å²) in [6.45, 7) is 2.43. The lowest BCUT2D eigenvalue weighted by Crippen LogP contribution is -2.54. The first-order chi connectivity index (χ1) is 17.4. The van der Waals surface area contributed by atoms with E-state index < -0.39 is 10.6 Å². The number of hydrogen-bond donors (Lipinski definition) is 2. The number of nitrogens with one attached hydrogen (secondary N) is 2. The fourth-order valence-electron chi connectivity index (χ4n) is 3.94. The molecule has 1 fully saturated rings. The van der Waals surface area contributed by atoms with E-state index in [2.05, 4.69) is 27.9 Å². The van der Waals surface area contributed by atoms with Gasteiger partial charge in [-0.1, -0.05) is 24.3 Å². The molecular formula is C25H36N4O5S2. The number of nitro groups is 1. The molecule has 1 aliphatic heterocycles. The average molecular weight is 537 g/mol. The van der Waals surface area contributed by atoms with Crippen molar-refractivity contribution in [1.29, 1.82) is 0 Å². The number of ether oxygens (including phenoxy) is 2. The first kappa shape index (κ1) is 28.4. The van der Waals surface area contributed by atoms with E-state index in [0.29, 0.717) is 19.8 Å². The van der Waals surface area contributed by atoms with E-state index in [0.717, 1.165) is 59.1 Å². The van der Waals surface area contributed by atoms with Crippen molar-refractivity contribution >= 4 is 23.5 Å². The van der Waals surface area contributed by atoms with Gasteiger partial charge < -0.3 is 29.4 Å². The molecule has 0 amide bonds. The van der Waals surface area contributed by atoms with Crippen molar-refractivity contribution in [3.05, 3.63) is 81.2 Å². The number of aryl methyl sites for hydroxylation is 1. The van der Waals surface area contributed by atoms with E-state index >= 15 is 0 Å². The maximum absolute atomic E-state index is 11.4. The summed E-state index contributed by atoms with van der Waals surface area (Å²) in [5, 5.41) is 17.9. The van der Waals surface area contributed by atoms with Crippen LogP contribution in [0.3, 0.4) is 0 Å². The first-order valence-corrected chi connectivity index (χ1v) is 14.4. The fraction of sp³-hybridized carbons (Fsp3) is 0.520. The largest absolute Gasteiger partial charge is 0.464 e. The Kier molecular flexibility index (Phi) is 11.5. The first-order valence-electron chi connectivity index (χ1n) is 11.9. The third kappa shape index (κ3) is 8.74. The van der Waals surface area contributed by atoms with Crippen molar-refractivity contribution in [1.82, 2.24) is 15.5 Å². The van der Waals surface area contributed by atoms with Gasteiger partial charge in [-0.25, -0.2) is 0 Å². The van der Waals surface area contributed by atoms with Crippen LogP contribution >= 0.6 is 23.5 Å². The molecule has 1 aromatic heterocycles. The smallest absolute Gasteiger partial charge is 0.274 e. The van der Waals surface area contributed by atoms with Crippen molar-refractivity contribution in [2.24, 2.45) is 0 Å². The van der Waals surface area contributed by atoms with E-state index in [-0.39, 0.29) is 12.4 Å². The van der Waals surface area contributed by atoms with Crippen LogP contribution in [-0.4, -0.2) is 68.0 Å². The lowest BCUT2D eigenvalue weighted by molar-refractivity contribution is -0.404. The molecule has 198 valence electrons. The molecule has 2 aromatic rings. The Bertz CT molecular complexity index is 992. The highest BCUT2D eigenvalue weighted by Gasteiger charge is 2.39. The molecule has 2 heterocycles. The Morgan fingerprint density at radius 2 is 2.00 bits per heavy atom. The SMILES string of the molecule is CSCCc1ccccc1C1(NC(=C[N+](=O)[O-])NCCSCc2ccc(CN(C)C)o2)COCCO1. The Morgan fingerprint density at radius 3 is 2.72 bits per heavy atom. The van der Waals surface area contributed by atoms with Crippen LogP contribution in [0.1, 0.15) is 22.6 Å². The summed E-state index contributed by atoms with van der Waals surface area (Å²) < 4.78 is 17.9. The highest BCUT2D eigenvalue weighted by molar-refractivity contribution is 7.98. The average Bonchev–Trinajstić information content (AvgIpc) is 3.29. The maximum atomic E-state index is 11.4. The molecule has 36 heavy (non-hydrogen) atoms. The molecule has 0 radical (unpaired) electrons. The molecule has 0 bridgehead atoms. The minimum Gasteiger partial charge on any atom is -0.464 e. The molecule has 0 aliphatic carbocycles. The van der Waals surface area contributed by atoms with Crippen LogP contribution in [0, 0.1) is 10.1 Å². The van der Waals surface area contributed by atoms with Crippen LogP contribution in [0.25, 0.3) is 0 Å². The molecule has 0 saturated carbocycles. The molecule has 1 aromatic carbocycles. The lowest BCUT2D eigenvalue weighted by atomic mass is 9.95. The maximum Gasteiger partial charge on any atom is 0.274 e. The van der Waals surface area contributed by atoms with Crippen molar-refractivity contribution in [3.8, 4) is 0 Å². The van der Waals surface area contributed by atoms with Gasteiger partial charge in [-0.05, 0) is 50.2 Å². The normalized spacial score (nSPS) is 18.4. The predicted molar refractivity (Wildman–Crippen MR) is 145 cm³/mol. The third-order valence-corrected chi connectivity index (χ3v) is 7.07. The van der Waals surface area contributed by atoms with E-state index in [4.69, 9.17) is 13.9 Å². The van der Waals surface area contributed by atoms with E-state index in [1.807, 2.05) is 44.4 Å². The number of furan rings is 1. The zero-order valence-electron chi connectivity index (χ0n) is 21.2. The van der Waals surface area contributed by atoms with Crippen molar-refractivity contribution in [2.75, 3.05) is 58.2 Å². The molecule has 11 heteroatoms. The van der Waals surface area contributed by atoms with Gasteiger partial charge in [-0.3, -0.25) is 10.1 Å². The van der Waals surface area contributed by atoms with Crippen LogP contribution in [0.4, 0.5) is 0 Å². The monoisotopic (exact) mass is 536 g/mol. The summed E-state index contributed by atoms with van der Waals surface area (Å²) in [7, 11) is 4.01. The zero-order valence-corrected chi connectivity index (χ0v) is 22.8. The molecular weight excluding hydrogens is 500 g/mol. The molecule has 2 N–H and O–H groups in total. The second-order valence-electron chi connectivity index (χ2n) is 8.67. The Labute approximate surface area is 221 Å². The highest BCUT2D eigenvalue weighted by Crippen LogP contribution is 2.30. The van der Waals surface area contributed by atoms with Gasteiger partial charge in [0, 0.05) is 17.9 Å². The molecule has 1 unspecified atom stereocenters. The third-order valence-electron chi connectivity index (χ3n) is 5.48. The van der Waals surface area contributed by atoms with Crippen molar-refractivity contribution in [3.63, 3.8) is 0 Å². The summed E-state index contributed by atoms with van der Waals surface area (Å²) in [6, 6.07) is 12.0. The number of hydrogen-bond acceptors (Lipinski definition) is 10. The standard InChI is InChI=1S/C25H36N4O5S2/c1-28(2)16-21-8-9-22(34-21)18-36-15-11-26-24(17-29(30)31)27-25(19-32-12-13-33-25)23-7-5-4-6-20(23)10-14-35-3/h4-9,17,26-27H,10-16,18-19H2,1-3H3. The summed E-state index contributed by atoms with van der Waals surface area (Å²) in [4.78, 5) is 13.0. The van der Waals surface area contributed by atoms with Crippen LogP contribution in [0.2, 0.25) is 0 Å². The Hall–Kier alpha value is -2.18. The minimum atomic E-state index is -1.01. The highest BCUT2D eigenvalue weighted by atomic mass is 32.2. The van der Waals surface area contributed by atoms with Crippen molar-refractivity contribution < 1.29 is 18.8 Å². The molecule has 1 saturated heterocycles. The summed E-state index contributed by atoms with van der Waals surface area (Å²) >= 11 is 3.47. The molecule has 9 nitrogen and oxygen atoms in total. The topological polar surface area (TPSA) is 102 Å². The van der Waals surface area contributed by atoms with Crippen molar-refractivity contribution in [2.45, 2.75) is 24.4 Å². The number of nitrogens with zero attached hydrogens (tertiary/aromatic N) is 2. The molecule has 1 aliphatic rings. The molecule has 3 rings (SSSR count). The second-order valence-corrected chi connectivity index (χ2v) is 10.8. The second kappa shape index (κ2) is 14.5. The van der Waals surface area contributed by atoms with Gasteiger partial charge in [-0.2, -0.15) is 23.5 Å². The Morgan fingerprint density at radius 1 is 1.19 bits per heavy atom.